The van der Waals surface area contributed by atoms with Crippen molar-refractivity contribution in [2.75, 3.05) is 0 Å². The monoisotopic (exact) mass is 372 g/mol. The molecular formula is C23H32O4. The maximum absolute atomic E-state index is 11.9. The molecule has 5 rings (SSSR count). The minimum Gasteiger partial charge on any atom is -0.481 e. The van der Waals surface area contributed by atoms with Crippen molar-refractivity contribution in [1.29, 1.82) is 0 Å². The number of carboxylic acid groups (broad SMARTS) is 1. The van der Waals surface area contributed by atoms with Gasteiger partial charge in [-0.05, 0) is 93.0 Å². The van der Waals surface area contributed by atoms with E-state index < -0.39 is 11.6 Å². The molecule has 0 saturated heterocycles. The van der Waals surface area contributed by atoms with E-state index in [-0.39, 0.29) is 11.8 Å². The van der Waals surface area contributed by atoms with E-state index in [2.05, 4.69) is 6.92 Å². The second-order valence-electron chi connectivity index (χ2n) is 10.1. The van der Waals surface area contributed by atoms with E-state index in [4.69, 9.17) is 0 Å². The molecule has 5 aliphatic carbocycles. The van der Waals surface area contributed by atoms with E-state index >= 15 is 0 Å². The number of rotatable bonds is 4. The topological polar surface area (TPSA) is 74.6 Å². The number of carboxylic acids is 1. The van der Waals surface area contributed by atoms with Gasteiger partial charge in [0.1, 0.15) is 0 Å². The highest BCUT2D eigenvalue weighted by molar-refractivity contribution is 5.91. The molecule has 0 amide bonds. The van der Waals surface area contributed by atoms with Crippen LogP contribution in [0.3, 0.4) is 0 Å². The first kappa shape index (κ1) is 17.9. The highest BCUT2D eigenvalue weighted by Gasteiger charge is 2.76. The van der Waals surface area contributed by atoms with Gasteiger partial charge in [0.25, 0.3) is 0 Å². The third kappa shape index (κ3) is 2.31. The fraction of sp³-hybridized carbons (Fsp3) is 0.826. The molecule has 0 aromatic heterocycles. The zero-order valence-electron chi connectivity index (χ0n) is 16.3. The zero-order chi connectivity index (χ0) is 19.0. The molecule has 0 aromatic carbocycles. The molecule has 5 aliphatic rings. The lowest BCUT2D eigenvalue weighted by Crippen LogP contribution is -2.56. The number of aliphatic hydroxyl groups is 1. The summed E-state index contributed by atoms with van der Waals surface area (Å²) in [6.45, 7) is 2.22. The molecule has 4 heteroatoms. The van der Waals surface area contributed by atoms with E-state index in [0.717, 1.165) is 44.9 Å². The zero-order valence-corrected chi connectivity index (χ0v) is 16.3. The van der Waals surface area contributed by atoms with E-state index in [1.807, 2.05) is 6.08 Å². The summed E-state index contributed by atoms with van der Waals surface area (Å²) < 4.78 is 0. The van der Waals surface area contributed by atoms with Crippen LogP contribution in [-0.4, -0.2) is 27.6 Å². The van der Waals surface area contributed by atoms with Crippen molar-refractivity contribution in [3.05, 3.63) is 11.6 Å². The van der Waals surface area contributed by atoms with E-state index in [9.17, 15) is 19.8 Å². The van der Waals surface area contributed by atoms with Gasteiger partial charge in [0.15, 0.2) is 5.78 Å². The van der Waals surface area contributed by atoms with Gasteiger partial charge in [-0.25, -0.2) is 0 Å². The largest absolute Gasteiger partial charge is 0.481 e. The Labute approximate surface area is 161 Å². The summed E-state index contributed by atoms with van der Waals surface area (Å²) in [4.78, 5) is 23.1. The number of fused-ring (bicyclic) bond motifs is 7. The fourth-order valence-electron chi connectivity index (χ4n) is 8.54. The third-order valence-corrected chi connectivity index (χ3v) is 9.51. The van der Waals surface area contributed by atoms with Crippen LogP contribution in [0.25, 0.3) is 0 Å². The van der Waals surface area contributed by atoms with Crippen LogP contribution < -0.4 is 0 Å². The molecule has 148 valence electrons. The van der Waals surface area contributed by atoms with Gasteiger partial charge in [0, 0.05) is 18.3 Å². The van der Waals surface area contributed by atoms with Crippen molar-refractivity contribution in [3.63, 3.8) is 0 Å². The Kier molecular flexibility index (Phi) is 3.93. The maximum atomic E-state index is 11.9. The predicted molar refractivity (Wildman–Crippen MR) is 101 cm³/mol. The highest BCUT2D eigenvalue weighted by atomic mass is 16.4. The van der Waals surface area contributed by atoms with Crippen molar-refractivity contribution in [1.82, 2.24) is 0 Å². The lowest BCUT2D eigenvalue weighted by molar-refractivity contribution is -0.161. The van der Waals surface area contributed by atoms with Gasteiger partial charge in [-0.1, -0.05) is 12.5 Å². The molecule has 0 heterocycles. The minimum absolute atomic E-state index is 0.0805. The molecular weight excluding hydrogens is 340 g/mol. The van der Waals surface area contributed by atoms with Crippen molar-refractivity contribution >= 4 is 11.8 Å². The predicted octanol–water partition coefficient (Wildman–Crippen LogP) is 3.97. The van der Waals surface area contributed by atoms with Crippen LogP contribution in [0.2, 0.25) is 0 Å². The van der Waals surface area contributed by atoms with Crippen LogP contribution in [0.5, 0.6) is 0 Å². The maximum Gasteiger partial charge on any atom is 0.303 e. The molecule has 2 N–H and O–H groups in total. The highest BCUT2D eigenvalue weighted by Crippen LogP contribution is 2.77. The minimum atomic E-state index is -0.789. The molecule has 0 bridgehead atoms. The van der Waals surface area contributed by atoms with E-state index in [1.165, 1.54) is 5.57 Å². The molecule has 0 radical (unpaired) electrons. The summed E-state index contributed by atoms with van der Waals surface area (Å²) in [7, 11) is 0. The Morgan fingerprint density at radius 1 is 1.19 bits per heavy atom. The van der Waals surface area contributed by atoms with Crippen LogP contribution in [0.1, 0.15) is 71.1 Å². The van der Waals surface area contributed by atoms with Crippen LogP contribution in [0.4, 0.5) is 0 Å². The summed E-state index contributed by atoms with van der Waals surface area (Å²) in [5.41, 5.74) is 0.546. The number of hydrogen-bond acceptors (Lipinski definition) is 3. The molecule has 0 aromatic rings. The van der Waals surface area contributed by atoms with E-state index in [0.29, 0.717) is 54.1 Å². The molecule has 0 unspecified atom stereocenters. The van der Waals surface area contributed by atoms with Gasteiger partial charge >= 0.3 is 5.97 Å². The van der Waals surface area contributed by atoms with Gasteiger partial charge in [-0.15, -0.1) is 0 Å². The van der Waals surface area contributed by atoms with Crippen molar-refractivity contribution < 1.29 is 19.8 Å². The summed E-state index contributed by atoms with van der Waals surface area (Å²) in [5, 5.41) is 21.1. The Bertz CT molecular complexity index is 711. The van der Waals surface area contributed by atoms with Crippen molar-refractivity contribution in [3.8, 4) is 0 Å². The quantitative estimate of drug-likeness (QED) is 0.783. The summed E-state index contributed by atoms with van der Waals surface area (Å²) >= 11 is 0. The van der Waals surface area contributed by atoms with E-state index in [1.54, 1.807) is 0 Å². The Morgan fingerprint density at radius 3 is 2.74 bits per heavy atom. The number of hydrogen-bond donors (Lipinski definition) is 2. The number of allylic oxidation sites excluding steroid dienone is 1. The standard InChI is InChI=1S/C23H32O4/c1-2-22-9-7-16-15-6-4-14(24)11-13(15)3-5-17(16)21(22)18-12-19(18)23(22,27)10-8-20(25)26/h11,15-19,21,27H,2-10,12H2,1H3,(H,25,26)/t15-,16+,17+,18-,19+,21+,22-,23-/m0/s1. The van der Waals surface area contributed by atoms with Gasteiger partial charge in [0.2, 0.25) is 0 Å². The molecule has 4 saturated carbocycles. The second-order valence-corrected chi connectivity index (χ2v) is 10.1. The molecule has 8 atom stereocenters. The Morgan fingerprint density at radius 2 is 2.00 bits per heavy atom. The molecule has 27 heavy (non-hydrogen) atoms. The van der Waals surface area contributed by atoms with Crippen LogP contribution >= 0.6 is 0 Å². The van der Waals surface area contributed by atoms with Crippen LogP contribution in [0, 0.1) is 40.9 Å². The number of carbonyl (C=O) groups excluding carboxylic acids is 1. The fourth-order valence-corrected chi connectivity index (χ4v) is 8.54. The lowest BCUT2D eigenvalue weighted by Gasteiger charge is -2.58. The first-order valence-corrected chi connectivity index (χ1v) is 11.1. The van der Waals surface area contributed by atoms with Crippen LogP contribution in [0.15, 0.2) is 11.6 Å². The third-order valence-electron chi connectivity index (χ3n) is 9.51. The Hall–Kier alpha value is -1.16. The van der Waals surface area contributed by atoms with Crippen molar-refractivity contribution in [2.24, 2.45) is 40.9 Å². The Balaban J connectivity index is 1.47. The molecule has 4 nitrogen and oxygen atoms in total. The average Bonchev–Trinajstić information content (AvgIpc) is 3.41. The summed E-state index contributed by atoms with van der Waals surface area (Å²) in [6.07, 6.45) is 10.6. The molecule has 0 aliphatic heterocycles. The average molecular weight is 373 g/mol. The number of ketones is 1. The normalized spacial score (nSPS) is 50.1. The first-order chi connectivity index (χ1) is 12.9. The van der Waals surface area contributed by atoms with Crippen molar-refractivity contribution in [2.45, 2.75) is 76.7 Å². The SMILES string of the molecule is CC[C@]12CC[C@H]3[C@@H](CCC4=CC(=O)CC[C@@H]43)[C@@H]1[C@H]1C[C@H]1[C@@]2(O)CCC(=O)O. The van der Waals surface area contributed by atoms with Gasteiger partial charge in [-0.3, -0.25) is 9.59 Å². The lowest BCUT2D eigenvalue weighted by atomic mass is 9.47. The summed E-state index contributed by atoms with van der Waals surface area (Å²) in [5.74, 6) is 2.92. The summed E-state index contributed by atoms with van der Waals surface area (Å²) in [6, 6.07) is 0. The number of aliphatic carboxylic acids is 1. The van der Waals surface area contributed by atoms with Crippen LogP contribution in [-0.2, 0) is 9.59 Å². The molecule has 0 spiro atoms. The van der Waals surface area contributed by atoms with Gasteiger partial charge < -0.3 is 10.2 Å². The van der Waals surface area contributed by atoms with Gasteiger partial charge in [-0.2, -0.15) is 0 Å². The second kappa shape index (κ2) is 5.92. The van der Waals surface area contributed by atoms with Gasteiger partial charge in [0.05, 0.1) is 5.60 Å². The first-order valence-electron chi connectivity index (χ1n) is 11.1. The smallest absolute Gasteiger partial charge is 0.303 e. The molecule has 4 fully saturated rings. The number of carbonyl (C=O) groups is 2.